The Hall–Kier alpha value is -2.37. The van der Waals surface area contributed by atoms with Crippen LogP contribution < -0.4 is 5.32 Å². The number of sulfonamides is 1. The number of carbonyl (C=O) groups excluding carboxylic acids is 1. The number of rotatable bonds is 6. The predicted molar refractivity (Wildman–Crippen MR) is 123 cm³/mol. The van der Waals surface area contributed by atoms with Gasteiger partial charge in [0.2, 0.25) is 5.92 Å². The monoisotopic (exact) mass is 495 g/mol. The van der Waals surface area contributed by atoms with Crippen LogP contribution in [0.25, 0.3) is 0 Å². The zero-order valence-corrected chi connectivity index (χ0v) is 20.3. The summed E-state index contributed by atoms with van der Waals surface area (Å²) >= 11 is 0. The third-order valence-electron chi connectivity index (χ3n) is 7.07. The zero-order chi connectivity index (χ0) is 24.6. The maximum absolute atomic E-state index is 14.0. The smallest absolute Gasteiger partial charge is 0.262 e. The van der Waals surface area contributed by atoms with E-state index < -0.39 is 21.5 Å². The number of aryl methyl sites for hydroxylation is 2. The molecule has 11 heteroatoms. The summed E-state index contributed by atoms with van der Waals surface area (Å²) in [5.41, 5.74) is 0.767. The van der Waals surface area contributed by atoms with Crippen LogP contribution >= 0.6 is 0 Å². The van der Waals surface area contributed by atoms with Gasteiger partial charge in [0, 0.05) is 69.9 Å². The number of benzene rings is 1. The van der Waals surface area contributed by atoms with Crippen LogP contribution in [0.2, 0.25) is 0 Å². The van der Waals surface area contributed by atoms with E-state index in [4.69, 9.17) is 0 Å². The van der Waals surface area contributed by atoms with E-state index in [0.29, 0.717) is 18.7 Å². The lowest BCUT2D eigenvalue weighted by atomic mass is 9.78. The standard InChI is InChI=1S/C23H31F2N5O3S/c1-18-5-3-4-6-19(18)21(31)26-16-22(7-9-23(24,25)10-8-22)29-11-13-30(14-12-29)34(32,33)20-15-28(2)17-27-20/h3-6,15,17H,7-14,16H2,1-2H3,(H,26,31). The molecule has 8 nitrogen and oxygen atoms in total. The summed E-state index contributed by atoms with van der Waals surface area (Å²) in [5, 5.41) is 2.98. The van der Waals surface area contributed by atoms with Crippen molar-refractivity contribution in [2.45, 2.75) is 49.1 Å². The van der Waals surface area contributed by atoms with E-state index in [1.807, 2.05) is 19.1 Å². The van der Waals surface area contributed by atoms with Crippen molar-refractivity contribution >= 4 is 15.9 Å². The minimum Gasteiger partial charge on any atom is -0.350 e. The third kappa shape index (κ3) is 5.01. The number of halogens is 2. The zero-order valence-electron chi connectivity index (χ0n) is 19.5. The molecule has 1 aromatic heterocycles. The van der Waals surface area contributed by atoms with E-state index in [-0.39, 0.29) is 56.3 Å². The highest BCUT2D eigenvalue weighted by Crippen LogP contribution is 2.42. The third-order valence-corrected chi connectivity index (χ3v) is 8.86. The van der Waals surface area contributed by atoms with Crippen molar-refractivity contribution in [2.24, 2.45) is 7.05 Å². The molecule has 2 heterocycles. The van der Waals surface area contributed by atoms with Crippen molar-refractivity contribution in [2.75, 3.05) is 32.7 Å². The maximum atomic E-state index is 14.0. The van der Waals surface area contributed by atoms with Crippen molar-refractivity contribution in [1.29, 1.82) is 0 Å². The Balaban J connectivity index is 1.47. The minimum absolute atomic E-state index is 0.000895. The Morgan fingerprint density at radius 1 is 1.09 bits per heavy atom. The maximum Gasteiger partial charge on any atom is 0.262 e. The van der Waals surface area contributed by atoms with E-state index >= 15 is 0 Å². The normalized spacial score (nSPS) is 21.3. The SMILES string of the molecule is Cc1ccccc1C(=O)NCC1(N2CCN(S(=O)(=O)c3cn(C)cn3)CC2)CCC(F)(F)CC1. The molecule has 0 spiro atoms. The van der Waals surface area contributed by atoms with E-state index in [1.165, 1.54) is 16.8 Å². The van der Waals surface area contributed by atoms with Gasteiger partial charge in [0.25, 0.3) is 15.9 Å². The molecule has 1 amide bonds. The summed E-state index contributed by atoms with van der Waals surface area (Å²) in [6.45, 7) is 3.37. The number of carbonyl (C=O) groups is 1. The number of amides is 1. The number of hydrogen-bond donors (Lipinski definition) is 1. The fraction of sp³-hybridized carbons (Fsp3) is 0.565. The molecule has 1 N–H and O–H groups in total. The highest BCUT2D eigenvalue weighted by atomic mass is 32.2. The second kappa shape index (κ2) is 9.35. The van der Waals surface area contributed by atoms with Gasteiger partial charge in [-0.3, -0.25) is 9.69 Å². The molecule has 1 aliphatic carbocycles. The molecular formula is C23H31F2N5O3S. The van der Waals surface area contributed by atoms with Gasteiger partial charge in [-0.2, -0.15) is 4.31 Å². The highest BCUT2D eigenvalue weighted by molar-refractivity contribution is 7.89. The molecule has 1 saturated heterocycles. The topological polar surface area (TPSA) is 87.5 Å². The largest absolute Gasteiger partial charge is 0.350 e. The molecule has 0 bridgehead atoms. The van der Waals surface area contributed by atoms with Crippen LogP contribution in [-0.4, -0.2) is 77.3 Å². The second-order valence-electron chi connectivity index (χ2n) is 9.35. The number of nitrogens with one attached hydrogen (secondary N) is 1. The van der Waals surface area contributed by atoms with Gasteiger partial charge in [0.1, 0.15) is 0 Å². The lowest BCUT2D eigenvalue weighted by molar-refractivity contribution is -0.0856. The molecule has 0 unspecified atom stereocenters. The molecule has 186 valence electrons. The second-order valence-corrected chi connectivity index (χ2v) is 11.2. The van der Waals surface area contributed by atoms with Gasteiger partial charge in [-0.1, -0.05) is 18.2 Å². The number of alkyl halides is 2. The van der Waals surface area contributed by atoms with Crippen molar-refractivity contribution in [3.8, 4) is 0 Å². The van der Waals surface area contributed by atoms with Crippen molar-refractivity contribution < 1.29 is 22.0 Å². The van der Waals surface area contributed by atoms with Crippen LogP contribution in [-0.2, 0) is 17.1 Å². The van der Waals surface area contributed by atoms with Crippen LogP contribution in [0.1, 0.15) is 41.6 Å². The van der Waals surface area contributed by atoms with Gasteiger partial charge < -0.3 is 9.88 Å². The van der Waals surface area contributed by atoms with Gasteiger partial charge >= 0.3 is 0 Å². The van der Waals surface area contributed by atoms with Gasteiger partial charge in [0.05, 0.1) is 6.33 Å². The van der Waals surface area contributed by atoms with E-state index in [2.05, 4.69) is 15.2 Å². The predicted octanol–water partition coefficient (Wildman–Crippen LogP) is 2.41. The number of hydrogen-bond acceptors (Lipinski definition) is 5. The molecule has 1 aromatic carbocycles. The van der Waals surface area contributed by atoms with E-state index in [1.54, 1.807) is 23.7 Å². The fourth-order valence-corrected chi connectivity index (χ4v) is 6.30. The van der Waals surface area contributed by atoms with E-state index in [0.717, 1.165) is 5.56 Å². The summed E-state index contributed by atoms with van der Waals surface area (Å²) in [6, 6.07) is 7.25. The molecule has 34 heavy (non-hydrogen) atoms. The molecule has 1 saturated carbocycles. The first kappa shape index (κ1) is 24.7. The van der Waals surface area contributed by atoms with Gasteiger partial charge in [0.15, 0.2) is 5.03 Å². The highest BCUT2D eigenvalue weighted by Gasteiger charge is 2.48. The summed E-state index contributed by atoms with van der Waals surface area (Å²) in [6.07, 6.45) is 2.88. The molecule has 2 aliphatic rings. The van der Waals surface area contributed by atoms with Crippen molar-refractivity contribution in [1.82, 2.24) is 24.1 Å². The Bertz CT molecular complexity index is 1130. The first-order valence-corrected chi connectivity index (χ1v) is 12.9. The molecular weight excluding hydrogens is 464 g/mol. The number of aromatic nitrogens is 2. The Labute approximate surface area is 199 Å². The van der Waals surface area contributed by atoms with Gasteiger partial charge in [-0.15, -0.1) is 0 Å². The van der Waals surface area contributed by atoms with Crippen LogP contribution in [0.5, 0.6) is 0 Å². The molecule has 2 fully saturated rings. The summed E-state index contributed by atoms with van der Waals surface area (Å²) in [5.74, 6) is -2.95. The van der Waals surface area contributed by atoms with Gasteiger partial charge in [-0.05, 0) is 31.4 Å². The number of nitrogens with zero attached hydrogens (tertiary/aromatic N) is 4. The lowest BCUT2D eigenvalue weighted by Crippen LogP contribution is -2.63. The van der Waals surface area contributed by atoms with Crippen molar-refractivity contribution in [3.05, 3.63) is 47.9 Å². The van der Waals surface area contributed by atoms with Crippen molar-refractivity contribution in [3.63, 3.8) is 0 Å². The Morgan fingerprint density at radius 2 is 1.74 bits per heavy atom. The first-order valence-electron chi connectivity index (χ1n) is 11.5. The molecule has 1 aliphatic heterocycles. The average Bonchev–Trinajstić information content (AvgIpc) is 3.26. The molecule has 2 aromatic rings. The number of imidazole rings is 1. The number of piperazine rings is 1. The van der Waals surface area contributed by atoms with E-state index in [9.17, 15) is 22.0 Å². The molecule has 4 rings (SSSR count). The summed E-state index contributed by atoms with van der Waals surface area (Å²) in [4.78, 5) is 18.9. The van der Waals surface area contributed by atoms with Crippen LogP contribution in [0.4, 0.5) is 8.78 Å². The Morgan fingerprint density at radius 3 is 2.32 bits per heavy atom. The average molecular weight is 496 g/mol. The lowest BCUT2D eigenvalue weighted by Gasteiger charge is -2.50. The Kier molecular flexibility index (Phi) is 6.80. The molecule has 0 atom stereocenters. The van der Waals surface area contributed by atoms with Crippen LogP contribution in [0.3, 0.4) is 0 Å². The van der Waals surface area contributed by atoms with Gasteiger partial charge in [-0.25, -0.2) is 22.2 Å². The quantitative estimate of drug-likeness (QED) is 0.665. The van der Waals surface area contributed by atoms with Crippen LogP contribution in [0, 0.1) is 6.92 Å². The minimum atomic E-state index is -3.72. The summed E-state index contributed by atoms with van der Waals surface area (Å²) in [7, 11) is -2.01. The first-order chi connectivity index (χ1) is 16.0. The van der Waals surface area contributed by atoms with Crippen LogP contribution in [0.15, 0.2) is 41.8 Å². The molecule has 0 radical (unpaired) electrons. The summed E-state index contributed by atoms with van der Waals surface area (Å²) < 4.78 is 56.9. The fourth-order valence-electron chi connectivity index (χ4n) is 4.91.